The Hall–Kier alpha value is -3.30. The van der Waals surface area contributed by atoms with Gasteiger partial charge in [0.15, 0.2) is 5.57 Å². The van der Waals surface area contributed by atoms with Crippen molar-refractivity contribution in [3.8, 4) is 24.0 Å². The topological polar surface area (TPSA) is 127 Å². The summed E-state index contributed by atoms with van der Waals surface area (Å²) in [6.07, 6.45) is 0. The van der Waals surface area contributed by atoms with Crippen molar-refractivity contribution in [2.75, 3.05) is 5.32 Å². The molecular formula is C13H6F4N4O3S. The number of hydrogen-bond donors (Lipinski definition) is 1. The molecule has 0 aromatic heterocycles. The lowest BCUT2D eigenvalue weighted by atomic mass is 10.1. The average molecular weight is 374 g/mol. The van der Waals surface area contributed by atoms with Crippen molar-refractivity contribution in [2.24, 2.45) is 0 Å². The summed E-state index contributed by atoms with van der Waals surface area (Å²) >= 11 is 0. The number of anilines is 1. The van der Waals surface area contributed by atoms with E-state index in [-0.39, 0.29) is 5.56 Å². The highest BCUT2D eigenvalue weighted by atomic mass is 32.2. The zero-order valence-corrected chi connectivity index (χ0v) is 13.0. The van der Waals surface area contributed by atoms with Crippen LogP contribution in [0.1, 0.15) is 5.56 Å². The maximum Gasteiger partial charge on any atom is 0.534 e. The van der Waals surface area contributed by atoms with E-state index in [1.165, 1.54) is 18.2 Å². The van der Waals surface area contributed by atoms with Crippen LogP contribution < -0.4 is 9.50 Å². The van der Waals surface area contributed by atoms with Crippen molar-refractivity contribution in [3.63, 3.8) is 0 Å². The average Bonchev–Trinajstić information content (AvgIpc) is 2.50. The number of rotatable bonds is 4. The van der Waals surface area contributed by atoms with E-state index in [0.717, 1.165) is 6.92 Å². The van der Waals surface area contributed by atoms with Gasteiger partial charge in [0, 0.05) is 6.07 Å². The van der Waals surface area contributed by atoms with Crippen molar-refractivity contribution in [1.29, 1.82) is 15.8 Å². The molecule has 1 rings (SSSR count). The van der Waals surface area contributed by atoms with Gasteiger partial charge in [-0.2, -0.15) is 37.4 Å². The number of nitrogens with one attached hydrogen (secondary N) is 1. The number of allylic oxidation sites excluding steroid dienone is 2. The third kappa shape index (κ3) is 4.37. The maximum absolute atomic E-state index is 13.9. The maximum atomic E-state index is 13.9. The van der Waals surface area contributed by atoms with Crippen molar-refractivity contribution in [1.82, 2.24) is 0 Å². The molecule has 0 aliphatic rings. The number of nitrogens with zero attached hydrogens (tertiary/aromatic N) is 3. The van der Waals surface area contributed by atoms with E-state index < -0.39 is 44.2 Å². The van der Waals surface area contributed by atoms with E-state index >= 15 is 0 Å². The molecule has 12 heteroatoms. The van der Waals surface area contributed by atoms with Gasteiger partial charge in [0.2, 0.25) is 0 Å². The molecule has 0 radical (unpaired) electrons. The molecule has 0 amide bonds. The summed E-state index contributed by atoms with van der Waals surface area (Å²) < 4.78 is 77.0. The van der Waals surface area contributed by atoms with Gasteiger partial charge in [-0.15, -0.1) is 0 Å². The SMILES string of the molecule is Cc1cc(F)c(NC(C#N)=C(C#N)C#N)cc1OS(=O)(=O)C(F)(F)F. The van der Waals surface area contributed by atoms with Crippen molar-refractivity contribution in [3.05, 3.63) is 34.8 Å². The van der Waals surface area contributed by atoms with Crippen LogP contribution in [0, 0.1) is 46.7 Å². The van der Waals surface area contributed by atoms with Crippen LogP contribution in [0.3, 0.4) is 0 Å². The summed E-state index contributed by atoms with van der Waals surface area (Å²) in [6, 6.07) is 5.33. The van der Waals surface area contributed by atoms with Gasteiger partial charge in [0.05, 0.1) is 5.69 Å². The first-order valence-corrected chi connectivity index (χ1v) is 7.40. The van der Waals surface area contributed by atoms with Crippen molar-refractivity contribution in [2.45, 2.75) is 12.4 Å². The van der Waals surface area contributed by atoms with E-state index in [1.807, 2.05) is 5.32 Å². The molecule has 0 saturated carbocycles. The highest BCUT2D eigenvalue weighted by molar-refractivity contribution is 7.88. The Kier molecular flexibility index (Phi) is 5.59. The summed E-state index contributed by atoms with van der Waals surface area (Å²) in [6.45, 7) is 1.09. The van der Waals surface area contributed by atoms with Gasteiger partial charge in [-0.25, -0.2) is 4.39 Å². The summed E-state index contributed by atoms with van der Waals surface area (Å²) in [4.78, 5) is 0. The van der Waals surface area contributed by atoms with Crippen LogP contribution in [-0.2, 0) is 10.1 Å². The number of benzene rings is 1. The van der Waals surface area contributed by atoms with Crippen LogP contribution in [0.15, 0.2) is 23.4 Å². The lowest BCUT2D eigenvalue weighted by Gasteiger charge is -2.14. The second kappa shape index (κ2) is 7.07. The molecule has 1 aromatic carbocycles. The summed E-state index contributed by atoms with van der Waals surface area (Å²) in [5.74, 6) is -1.94. The number of hydrogen-bond acceptors (Lipinski definition) is 7. The largest absolute Gasteiger partial charge is 0.534 e. The molecule has 0 aliphatic heterocycles. The molecule has 0 aliphatic carbocycles. The second-order valence-corrected chi connectivity index (χ2v) is 5.83. The standard InChI is InChI=1S/C13H6F4N4O3S/c1-7-2-9(14)10(21-11(6-20)8(4-18)5-19)3-12(7)24-25(22,23)13(15,16)17/h2-3,21H,1H3. The van der Waals surface area contributed by atoms with E-state index in [0.29, 0.717) is 12.1 Å². The zero-order chi connectivity index (χ0) is 19.4. The van der Waals surface area contributed by atoms with E-state index in [4.69, 9.17) is 15.8 Å². The van der Waals surface area contributed by atoms with Crippen LogP contribution in [-0.4, -0.2) is 13.9 Å². The number of halogens is 4. The number of nitriles is 3. The molecule has 0 spiro atoms. The summed E-state index contributed by atoms with van der Waals surface area (Å²) in [5.41, 5.74) is -8.05. The monoisotopic (exact) mass is 374 g/mol. The van der Waals surface area contributed by atoms with E-state index in [1.54, 1.807) is 0 Å². The first-order chi connectivity index (χ1) is 11.5. The predicted molar refractivity (Wildman–Crippen MR) is 74.2 cm³/mol. The van der Waals surface area contributed by atoms with Crippen LogP contribution in [0.2, 0.25) is 0 Å². The Labute approximate surface area is 139 Å². The molecule has 7 nitrogen and oxygen atoms in total. The van der Waals surface area contributed by atoms with Gasteiger partial charge >= 0.3 is 15.6 Å². The van der Waals surface area contributed by atoms with Crippen molar-refractivity contribution < 1.29 is 30.2 Å². The molecule has 1 N–H and O–H groups in total. The number of aryl methyl sites for hydroxylation is 1. The predicted octanol–water partition coefficient (Wildman–Crippen LogP) is 2.60. The van der Waals surface area contributed by atoms with Gasteiger partial charge in [0.1, 0.15) is 35.5 Å². The van der Waals surface area contributed by atoms with Gasteiger partial charge in [-0.1, -0.05) is 0 Å². The van der Waals surface area contributed by atoms with E-state index in [2.05, 4.69) is 4.18 Å². The molecule has 130 valence electrons. The molecule has 0 heterocycles. The van der Waals surface area contributed by atoms with Crippen LogP contribution in [0.25, 0.3) is 0 Å². The second-order valence-electron chi connectivity index (χ2n) is 4.29. The molecular weight excluding hydrogens is 368 g/mol. The van der Waals surface area contributed by atoms with Gasteiger partial charge in [-0.05, 0) is 18.6 Å². The molecule has 0 atom stereocenters. The van der Waals surface area contributed by atoms with E-state index in [9.17, 15) is 26.0 Å². The summed E-state index contributed by atoms with van der Waals surface area (Å²) in [7, 11) is -5.99. The fourth-order valence-corrected chi connectivity index (χ4v) is 1.93. The fraction of sp³-hybridized carbons (Fsp3) is 0.154. The van der Waals surface area contributed by atoms with Crippen molar-refractivity contribution >= 4 is 15.8 Å². The molecule has 0 bridgehead atoms. The third-order valence-corrected chi connectivity index (χ3v) is 3.56. The van der Waals surface area contributed by atoms with Gasteiger partial charge in [0.25, 0.3) is 0 Å². The fourth-order valence-electron chi connectivity index (χ4n) is 1.42. The van der Waals surface area contributed by atoms with Crippen LogP contribution >= 0.6 is 0 Å². The molecule has 0 unspecified atom stereocenters. The minimum Gasteiger partial charge on any atom is -0.376 e. The van der Waals surface area contributed by atoms with Gasteiger partial charge < -0.3 is 9.50 Å². The highest BCUT2D eigenvalue weighted by Gasteiger charge is 2.48. The smallest absolute Gasteiger partial charge is 0.376 e. The Morgan fingerprint density at radius 3 is 2.16 bits per heavy atom. The van der Waals surface area contributed by atoms with Gasteiger partial charge in [-0.3, -0.25) is 0 Å². The number of alkyl halides is 3. The molecule has 1 aromatic rings. The van der Waals surface area contributed by atoms with Crippen LogP contribution in [0.4, 0.5) is 23.2 Å². The highest BCUT2D eigenvalue weighted by Crippen LogP contribution is 2.32. The van der Waals surface area contributed by atoms with Crippen LogP contribution in [0.5, 0.6) is 5.75 Å². The molecule has 0 saturated heterocycles. The minimum atomic E-state index is -5.99. The Morgan fingerprint density at radius 1 is 1.16 bits per heavy atom. The lowest BCUT2D eigenvalue weighted by Crippen LogP contribution is -2.28. The third-order valence-electron chi connectivity index (χ3n) is 2.59. The quantitative estimate of drug-likeness (QED) is 0.371. The Bertz CT molecular complexity index is 947. The normalized spacial score (nSPS) is 10.8. The molecule has 25 heavy (non-hydrogen) atoms. The first kappa shape index (κ1) is 19.7. The lowest BCUT2D eigenvalue weighted by molar-refractivity contribution is -0.0500. The Balaban J connectivity index is 3.40. The summed E-state index contributed by atoms with van der Waals surface area (Å²) in [5, 5.41) is 28.2. The zero-order valence-electron chi connectivity index (χ0n) is 12.1. The molecule has 0 fully saturated rings. The first-order valence-electron chi connectivity index (χ1n) is 5.99. The minimum absolute atomic E-state index is 0.279. The Morgan fingerprint density at radius 2 is 1.72 bits per heavy atom.